The maximum atomic E-state index is 14.9. The molecule has 1 aliphatic heterocycles. The Bertz CT molecular complexity index is 1410. The Hall–Kier alpha value is -3.59. The van der Waals surface area contributed by atoms with Gasteiger partial charge < -0.3 is 24.8 Å². The fraction of sp³-hybridized carbons (Fsp3) is 0.400. The molecular formula is C25H26BrF2N5O4. The molecule has 0 aliphatic carbocycles. The molecule has 37 heavy (non-hydrogen) atoms. The number of fused-ring (bicyclic) bond motifs is 1. The summed E-state index contributed by atoms with van der Waals surface area (Å²) in [6.07, 6.45) is 1.73. The third-order valence-electron chi connectivity index (χ3n) is 5.75. The molecule has 2 aromatic heterocycles. The van der Waals surface area contributed by atoms with Gasteiger partial charge in [0, 0.05) is 25.4 Å². The minimum atomic E-state index is -0.965. The zero-order valence-electron chi connectivity index (χ0n) is 21.0. The molecule has 1 saturated heterocycles. The van der Waals surface area contributed by atoms with Crippen LogP contribution in [0.25, 0.3) is 10.9 Å². The Morgan fingerprint density at radius 1 is 1.19 bits per heavy atom. The van der Waals surface area contributed by atoms with Crippen LogP contribution in [0.4, 0.5) is 19.4 Å². The van der Waals surface area contributed by atoms with Crippen molar-refractivity contribution in [2.24, 2.45) is 0 Å². The Labute approximate surface area is 221 Å². The summed E-state index contributed by atoms with van der Waals surface area (Å²) >= 11 is 3.50. The maximum Gasteiger partial charge on any atom is 0.410 e. The van der Waals surface area contributed by atoms with E-state index in [4.69, 9.17) is 19.9 Å². The van der Waals surface area contributed by atoms with E-state index >= 15 is 0 Å². The van der Waals surface area contributed by atoms with E-state index in [1.54, 1.807) is 36.5 Å². The summed E-state index contributed by atoms with van der Waals surface area (Å²) in [6, 6.07) is 0.893. The summed E-state index contributed by atoms with van der Waals surface area (Å²) in [5.41, 5.74) is 5.82. The molecule has 0 bridgehead atoms. The van der Waals surface area contributed by atoms with Crippen LogP contribution in [-0.2, 0) is 4.74 Å². The number of ether oxygens (including phenoxy) is 3. The topological polar surface area (TPSA) is 105 Å². The summed E-state index contributed by atoms with van der Waals surface area (Å²) in [7, 11) is 2.52. The summed E-state index contributed by atoms with van der Waals surface area (Å²) in [5.74, 6) is 3.07. The summed E-state index contributed by atoms with van der Waals surface area (Å²) in [6.45, 7) is 6.24. The maximum absolute atomic E-state index is 14.9. The van der Waals surface area contributed by atoms with Crippen LogP contribution in [0.5, 0.6) is 11.5 Å². The van der Waals surface area contributed by atoms with Crippen molar-refractivity contribution in [1.29, 1.82) is 0 Å². The fourth-order valence-corrected chi connectivity index (χ4v) is 4.54. The van der Waals surface area contributed by atoms with Crippen molar-refractivity contribution in [3.05, 3.63) is 39.6 Å². The molecule has 1 aromatic carbocycles. The lowest BCUT2D eigenvalue weighted by Crippen LogP contribution is -2.35. The third kappa shape index (κ3) is 5.13. The molecule has 1 aliphatic rings. The van der Waals surface area contributed by atoms with E-state index in [-0.39, 0.29) is 29.1 Å². The van der Waals surface area contributed by atoms with Gasteiger partial charge in [-0.2, -0.15) is 5.10 Å². The second kappa shape index (κ2) is 10.0. The number of nitrogens with zero attached hydrogens (tertiary/aromatic N) is 4. The number of amides is 1. The largest absolute Gasteiger partial charge is 0.493 e. The molecule has 0 unspecified atom stereocenters. The van der Waals surface area contributed by atoms with Crippen LogP contribution < -0.4 is 15.2 Å². The smallest absolute Gasteiger partial charge is 0.410 e. The molecule has 3 aromatic rings. The lowest BCUT2D eigenvalue weighted by molar-refractivity contribution is 0.0288. The summed E-state index contributed by atoms with van der Waals surface area (Å²) in [5, 5.41) is 5.05. The Morgan fingerprint density at radius 3 is 2.43 bits per heavy atom. The van der Waals surface area contributed by atoms with E-state index in [2.05, 4.69) is 37.9 Å². The van der Waals surface area contributed by atoms with Crippen LogP contribution in [0, 0.1) is 23.5 Å². The predicted molar refractivity (Wildman–Crippen MR) is 137 cm³/mol. The number of carbonyl (C=O) groups excluding carboxylic acids is 1. The molecular weight excluding hydrogens is 552 g/mol. The third-order valence-corrected chi connectivity index (χ3v) is 6.33. The molecule has 1 amide bonds. The first-order valence-corrected chi connectivity index (χ1v) is 12.2. The van der Waals surface area contributed by atoms with Gasteiger partial charge in [-0.15, -0.1) is 0 Å². The zero-order chi connectivity index (χ0) is 27.1. The molecule has 1 atom stereocenters. The second-order valence-electron chi connectivity index (χ2n) is 9.41. The van der Waals surface area contributed by atoms with Gasteiger partial charge in [0.25, 0.3) is 0 Å². The van der Waals surface area contributed by atoms with Crippen molar-refractivity contribution in [2.75, 3.05) is 33.0 Å². The highest BCUT2D eigenvalue weighted by Crippen LogP contribution is 2.35. The highest BCUT2D eigenvalue weighted by molar-refractivity contribution is 9.10. The lowest BCUT2D eigenvalue weighted by Gasteiger charge is -2.24. The fourth-order valence-electron chi connectivity index (χ4n) is 4.06. The van der Waals surface area contributed by atoms with E-state index < -0.39 is 28.9 Å². The minimum Gasteiger partial charge on any atom is -0.493 e. The minimum absolute atomic E-state index is 0.153. The SMILES string of the molecule is COc1cc(OC)c(F)c(C#Cc2nn([C@H]3CCN(C(=O)OC(C)(C)C)C3)c3c(Br)cnc(N)c23)c1F. The predicted octanol–water partition coefficient (Wildman–Crippen LogP) is 4.65. The molecule has 2 N–H and O–H groups in total. The second-order valence-corrected chi connectivity index (χ2v) is 10.3. The molecule has 196 valence electrons. The lowest BCUT2D eigenvalue weighted by atomic mass is 10.1. The van der Waals surface area contributed by atoms with Gasteiger partial charge in [-0.3, -0.25) is 4.68 Å². The van der Waals surface area contributed by atoms with Crippen molar-refractivity contribution >= 4 is 38.7 Å². The number of nitrogen functional groups attached to an aromatic ring is 1. The van der Waals surface area contributed by atoms with Gasteiger partial charge in [0.15, 0.2) is 23.1 Å². The number of hydrogen-bond acceptors (Lipinski definition) is 7. The van der Waals surface area contributed by atoms with Crippen LogP contribution in [0.3, 0.4) is 0 Å². The molecule has 0 spiro atoms. The average molecular weight is 578 g/mol. The molecule has 0 radical (unpaired) electrons. The number of carbonyl (C=O) groups is 1. The van der Waals surface area contributed by atoms with Crippen molar-refractivity contribution in [1.82, 2.24) is 19.7 Å². The number of rotatable bonds is 3. The van der Waals surface area contributed by atoms with Crippen molar-refractivity contribution in [3.8, 4) is 23.3 Å². The molecule has 3 heterocycles. The van der Waals surface area contributed by atoms with Crippen LogP contribution >= 0.6 is 15.9 Å². The summed E-state index contributed by atoms with van der Waals surface area (Å²) < 4.78 is 47.5. The zero-order valence-corrected chi connectivity index (χ0v) is 22.6. The number of nitrogens with two attached hydrogens (primary N) is 1. The number of likely N-dealkylation sites (tertiary alicyclic amines) is 1. The van der Waals surface area contributed by atoms with E-state index in [1.807, 2.05) is 0 Å². The van der Waals surface area contributed by atoms with Gasteiger partial charge in [-0.05, 0) is 49.0 Å². The van der Waals surface area contributed by atoms with Gasteiger partial charge in [0.05, 0.1) is 35.6 Å². The average Bonchev–Trinajstić information content (AvgIpc) is 3.46. The first-order valence-electron chi connectivity index (χ1n) is 11.4. The van der Waals surface area contributed by atoms with Crippen molar-refractivity contribution < 1.29 is 27.8 Å². The quantitative estimate of drug-likeness (QED) is 0.451. The molecule has 0 saturated carbocycles. The number of benzene rings is 1. The van der Waals surface area contributed by atoms with Crippen molar-refractivity contribution in [2.45, 2.75) is 38.8 Å². The highest BCUT2D eigenvalue weighted by atomic mass is 79.9. The van der Waals surface area contributed by atoms with E-state index in [1.165, 1.54) is 14.2 Å². The number of aromatic nitrogens is 3. The standard InChI is InChI=1S/C25H26BrF2N5O4/c1-25(2,3)37-24(34)32-9-8-13(12-32)33-22-15(26)11-30-23(29)19(22)16(31-33)7-6-14-20(27)17(35-4)10-18(36-5)21(14)28/h10-11,13H,8-9,12H2,1-5H3,(H2,29,30)/t13-/m0/s1. The van der Waals surface area contributed by atoms with Gasteiger partial charge in [-0.25, -0.2) is 18.6 Å². The monoisotopic (exact) mass is 577 g/mol. The van der Waals surface area contributed by atoms with Crippen LogP contribution in [-0.4, -0.2) is 58.7 Å². The Morgan fingerprint density at radius 2 is 1.84 bits per heavy atom. The Kier molecular flexibility index (Phi) is 7.19. The molecule has 9 nitrogen and oxygen atoms in total. The van der Waals surface area contributed by atoms with E-state index in [0.717, 1.165) is 6.07 Å². The number of methoxy groups -OCH3 is 2. The molecule has 4 rings (SSSR count). The number of pyridine rings is 1. The number of anilines is 1. The first kappa shape index (κ1) is 26.5. The molecule has 1 fully saturated rings. The van der Waals surface area contributed by atoms with Gasteiger partial charge in [0.1, 0.15) is 22.7 Å². The van der Waals surface area contributed by atoms with Crippen LogP contribution in [0.1, 0.15) is 44.5 Å². The van der Waals surface area contributed by atoms with Crippen LogP contribution in [0.2, 0.25) is 0 Å². The number of hydrogen-bond donors (Lipinski definition) is 1. The highest BCUT2D eigenvalue weighted by Gasteiger charge is 2.33. The van der Waals surface area contributed by atoms with Gasteiger partial charge in [0.2, 0.25) is 0 Å². The normalized spacial score (nSPS) is 15.5. The van der Waals surface area contributed by atoms with Crippen molar-refractivity contribution in [3.63, 3.8) is 0 Å². The van der Waals surface area contributed by atoms with E-state index in [9.17, 15) is 13.6 Å². The van der Waals surface area contributed by atoms with E-state index in [0.29, 0.717) is 34.9 Å². The van der Waals surface area contributed by atoms with Gasteiger partial charge in [-0.1, -0.05) is 5.92 Å². The summed E-state index contributed by atoms with van der Waals surface area (Å²) in [4.78, 5) is 18.4. The number of halogens is 3. The van der Waals surface area contributed by atoms with Gasteiger partial charge >= 0.3 is 6.09 Å². The Balaban J connectivity index is 1.78. The molecule has 12 heteroatoms. The first-order chi connectivity index (χ1) is 17.4. The van der Waals surface area contributed by atoms with Crippen LogP contribution in [0.15, 0.2) is 16.7 Å².